The van der Waals surface area contributed by atoms with Crippen LogP contribution in [0, 0.1) is 12.3 Å². The van der Waals surface area contributed by atoms with E-state index in [1.165, 1.54) is 0 Å². The Morgan fingerprint density at radius 1 is 1.15 bits per heavy atom. The Morgan fingerprint density at radius 2 is 1.89 bits per heavy atom. The number of hydrogen-bond donors (Lipinski definition) is 0. The van der Waals surface area contributed by atoms with E-state index in [0.29, 0.717) is 43.3 Å². The zero-order valence-corrected chi connectivity index (χ0v) is 15.7. The van der Waals surface area contributed by atoms with Crippen LogP contribution in [0.4, 0.5) is 0 Å². The molecule has 1 aliphatic heterocycles. The van der Waals surface area contributed by atoms with Crippen molar-refractivity contribution in [1.82, 2.24) is 19.9 Å². The van der Waals surface area contributed by atoms with Gasteiger partial charge in [-0.15, -0.1) is 0 Å². The second-order valence-electron chi connectivity index (χ2n) is 7.70. The molecular formula is C20H24N4O3. The first-order valence-electron chi connectivity index (χ1n) is 9.43. The van der Waals surface area contributed by atoms with Crippen molar-refractivity contribution in [3.63, 3.8) is 0 Å². The van der Waals surface area contributed by atoms with E-state index in [1.807, 2.05) is 30.0 Å². The highest BCUT2D eigenvalue weighted by Crippen LogP contribution is 2.46. The third-order valence-corrected chi connectivity index (χ3v) is 5.57. The molecule has 1 atom stereocenters. The smallest absolute Gasteiger partial charge is 0.254 e. The average Bonchev–Trinajstić information content (AvgIpc) is 3.36. The number of amides is 2. The van der Waals surface area contributed by atoms with E-state index < -0.39 is 0 Å². The third-order valence-electron chi connectivity index (χ3n) is 5.57. The number of carbonyl (C=O) groups is 2. The first kappa shape index (κ1) is 17.7. The zero-order chi connectivity index (χ0) is 19.0. The first-order chi connectivity index (χ1) is 13.0. The summed E-state index contributed by atoms with van der Waals surface area (Å²) in [6, 6.07) is 8.86. The van der Waals surface area contributed by atoms with Crippen LogP contribution in [0.5, 0.6) is 0 Å². The van der Waals surface area contributed by atoms with Crippen molar-refractivity contribution >= 4 is 11.8 Å². The van der Waals surface area contributed by atoms with Crippen LogP contribution in [0.1, 0.15) is 54.3 Å². The van der Waals surface area contributed by atoms with Gasteiger partial charge in [-0.2, -0.15) is 4.98 Å². The molecule has 0 bridgehead atoms. The number of benzene rings is 1. The van der Waals surface area contributed by atoms with Gasteiger partial charge in [-0.1, -0.05) is 30.3 Å². The minimum Gasteiger partial charge on any atom is -0.340 e. The fourth-order valence-electron chi connectivity index (χ4n) is 3.61. The summed E-state index contributed by atoms with van der Waals surface area (Å²) in [5.74, 6) is 1.09. The lowest BCUT2D eigenvalue weighted by Gasteiger charge is -2.27. The predicted molar refractivity (Wildman–Crippen MR) is 97.8 cm³/mol. The molecule has 0 spiro atoms. The molecule has 1 saturated carbocycles. The normalized spacial score (nSPS) is 21.6. The lowest BCUT2D eigenvalue weighted by atomic mass is 10.1. The molecule has 2 aromatic rings. The van der Waals surface area contributed by atoms with Crippen molar-refractivity contribution in [2.75, 3.05) is 19.6 Å². The highest BCUT2D eigenvalue weighted by atomic mass is 16.5. The molecule has 1 aromatic carbocycles. The second-order valence-corrected chi connectivity index (χ2v) is 7.70. The van der Waals surface area contributed by atoms with Gasteiger partial charge < -0.3 is 14.3 Å². The third kappa shape index (κ3) is 3.46. The molecule has 1 aliphatic carbocycles. The maximum absolute atomic E-state index is 13.2. The zero-order valence-electron chi connectivity index (χ0n) is 15.7. The monoisotopic (exact) mass is 368 g/mol. The molecule has 2 amide bonds. The Kier molecular flexibility index (Phi) is 4.45. The summed E-state index contributed by atoms with van der Waals surface area (Å²) in [4.78, 5) is 34.0. The van der Waals surface area contributed by atoms with Crippen LogP contribution < -0.4 is 0 Å². The Hall–Kier alpha value is -2.70. The number of rotatable bonds is 3. The number of hydrogen-bond acceptors (Lipinski definition) is 5. The minimum atomic E-state index is -0.330. The largest absolute Gasteiger partial charge is 0.340 e. The van der Waals surface area contributed by atoms with E-state index in [-0.39, 0.29) is 23.3 Å². The van der Waals surface area contributed by atoms with E-state index in [4.69, 9.17) is 4.52 Å². The number of nitrogens with zero attached hydrogens (tertiary/aromatic N) is 4. The van der Waals surface area contributed by atoms with E-state index in [1.54, 1.807) is 24.0 Å². The van der Waals surface area contributed by atoms with E-state index in [0.717, 1.165) is 12.8 Å². The standard InChI is InChI=1S/C20H24N4O3/c1-14-21-17(27-22-14)16-8-11-23(19(26)20(2)9-10-20)12-13-24(16)18(25)15-6-4-3-5-7-15/h3-7,16H,8-13H2,1-2H3. The van der Waals surface area contributed by atoms with Crippen LogP contribution in [-0.2, 0) is 4.79 Å². The fourth-order valence-corrected chi connectivity index (χ4v) is 3.61. The van der Waals surface area contributed by atoms with E-state index >= 15 is 0 Å². The molecule has 7 heteroatoms. The molecule has 0 N–H and O–H groups in total. The number of aromatic nitrogens is 2. The quantitative estimate of drug-likeness (QED) is 0.832. The van der Waals surface area contributed by atoms with Gasteiger partial charge in [-0.3, -0.25) is 9.59 Å². The van der Waals surface area contributed by atoms with Crippen LogP contribution in [0.25, 0.3) is 0 Å². The van der Waals surface area contributed by atoms with Crippen molar-refractivity contribution < 1.29 is 14.1 Å². The molecule has 27 heavy (non-hydrogen) atoms. The highest BCUT2D eigenvalue weighted by molar-refractivity contribution is 5.94. The van der Waals surface area contributed by atoms with Crippen LogP contribution in [0.3, 0.4) is 0 Å². The second kappa shape index (κ2) is 6.79. The van der Waals surface area contributed by atoms with Crippen molar-refractivity contribution in [2.45, 2.75) is 39.2 Å². The van der Waals surface area contributed by atoms with Gasteiger partial charge >= 0.3 is 0 Å². The summed E-state index contributed by atoms with van der Waals surface area (Å²) in [5, 5.41) is 3.89. The molecule has 1 unspecified atom stereocenters. The van der Waals surface area contributed by atoms with Crippen molar-refractivity contribution in [1.29, 1.82) is 0 Å². The predicted octanol–water partition coefficient (Wildman–Crippen LogP) is 2.59. The number of aryl methyl sites for hydroxylation is 1. The summed E-state index contributed by atoms with van der Waals surface area (Å²) in [6.45, 7) is 5.33. The van der Waals surface area contributed by atoms with Crippen LogP contribution in [0.2, 0.25) is 0 Å². The van der Waals surface area contributed by atoms with Gasteiger partial charge in [0.1, 0.15) is 6.04 Å². The van der Waals surface area contributed by atoms with Gasteiger partial charge in [-0.05, 0) is 38.3 Å². The van der Waals surface area contributed by atoms with E-state index in [9.17, 15) is 9.59 Å². The SMILES string of the molecule is Cc1noc(C2CCN(C(=O)C3(C)CC3)CCN2C(=O)c2ccccc2)n1. The maximum atomic E-state index is 13.2. The molecule has 1 saturated heterocycles. The molecule has 7 nitrogen and oxygen atoms in total. The minimum absolute atomic E-state index is 0.0802. The molecular weight excluding hydrogens is 344 g/mol. The molecule has 142 valence electrons. The summed E-state index contributed by atoms with van der Waals surface area (Å²) < 4.78 is 5.39. The van der Waals surface area contributed by atoms with Gasteiger partial charge in [0.2, 0.25) is 11.8 Å². The summed E-state index contributed by atoms with van der Waals surface area (Å²) >= 11 is 0. The Balaban J connectivity index is 1.61. The van der Waals surface area contributed by atoms with Crippen molar-refractivity contribution in [2.24, 2.45) is 5.41 Å². The van der Waals surface area contributed by atoms with Crippen molar-refractivity contribution in [3.8, 4) is 0 Å². The summed E-state index contributed by atoms with van der Waals surface area (Å²) in [5.41, 5.74) is 0.405. The van der Waals surface area contributed by atoms with Crippen LogP contribution in [-0.4, -0.2) is 51.4 Å². The Labute approximate surface area is 158 Å². The highest BCUT2D eigenvalue weighted by Gasteiger charge is 2.48. The molecule has 4 rings (SSSR count). The molecule has 2 heterocycles. The Bertz CT molecular complexity index is 844. The first-order valence-corrected chi connectivity index (χ1v) is 9.43. The average molecular weight is 368 g/mol. The fraction of sp³-hybridized carbons (Fsp3) is 0.500. The van der Waals surface area contributed by atoms with Gasteiger partial charge in [0.05, 0.1) is 0 Å². The van der Waals surface area contributed by atoms with Crippen LogP contribution in [0.15, 0.2) is 34.9 Å². The maximum Gasteiger partial charge on any atom is 0.254 e. The molecule has 2 aliphatic rings. The summed E-state index contributed by atoms with van der Waals surface area (Å²) in [7, 11) is 0. The van der Waals surface area contributed by atoms with Gasteiger partial charge in [0.15, 0.2) is 5.82 Å². The lowest BCUT2D eigenvalue weighted by Crippen LogP contribution is -2.40. The topological polar surface area (TPSA) is 79.5 Å². The lowest BCUT2D eigenvalue weighted by molar-refractivity contribution is -0.136. The molecule has 1 aromatic heterocycles. The van der Waals surface area contributed by atoms with Gasteiger partial charge in [0.25, 0.3) is 5.91 Å². The van der Waals surface area contributed by atoms with Crippen LogP contribution >= 0.6 is 0 Å². The molecule has 2 fully saturated rings. The summed E-state index contributed by atoms with van der Waals surface area (Å²) in [6.07, 6.45) is 2.48. The number of carbonyl (C=O) groups excluding carboxylic acids is 2. The van der Waals surface area contributed by atoms with E-state index in [2.05, 4.69) is 10.1 Å². The van der Waals surface area contributed by atoms with Gasteiger partial charge in [0, 0.05) is 30.6 Å². The molecule has 0 radical (unpaired) electrons. The Morgan fingerprint density at radius 3 is 2.52 bits per heavy atom. The van der Waals surface area contributed by atoms with Gasteiger partial charge in [-0.25, -0.2) is 0 Å². The van der Waals surface area contributed by atoms with Crippen molar-refractivity contribution in [3.05, 3.63) is 47.6 Å².